The van der Waals surface area contributed by atoms with Gasteiger partial charge in [-0.2, -0.15) is 0 Å². The molecule has 2 aromatic carbocycles. The van der Waals surface area contributed by atoms with Crippen LogP contribution in [0, 0.1) is 0 Å². The number of benzene rings is 2. The maximum absolute atomic E-state index is 12.7. The van der Waals surface area contributed by atoms with Crippen LogP contribution in [0.1, 0.15) is 32.4 Å². The summed E-state index contributed by atoms with van der Waals surface area (Å²) in [6.45, 7) is 6.53. The van der Waals surface area contributed by atoms with Gasteiger partial charge in [0.25, 0.3) is 0 Å². The smallest absolute Gasteiger partial charge is 0.338 e. The number of thiocarbonyl (C=S) groups is 1. The third-order valence-corrected chi connectivity index (χ3v) is 5.60. The van der Waals surface area contributed by atoms with Gasteiger partial charge < -0.3 is 30.3 Å². The summed E-state index contributed by atoms with van der Waals surface area (Å²) in [5, 5.41) is 9.36. The molecule has 1 atom stereocenters. The minimum absolute atomic E-state index is 0.281. The fourth-order valence-corrected chi connectivity index (χ4v) is 4.06. The number of anilines is 2. The molecule has 1 heterocycles. The van der Waals surface area contributed by atoms with Gasteiger partial charge in [-0.3, -0.25) is 0 Å². The van der Waals surface area contributed by atoms with Gasteiger partial charge in [0, 0.05) is 17.9 Å². The maximum Gasteiger partial charge on any atom is 0.338 e. The van der Waals surface area contributed by atoms with E-state index in [1.165, 1.54) is 0 Å². The number of hydrogen-bond donors (Lipinski definition) is 3. The number of carbonyl (C=O) groups excluding carboxylic acids is 2. The number of allylic oxidation sites excluding steroid dienone is 1. The van der Waals surface area contributed by atoms with Crippen LogP contribution in [-0.2, 0) is 9.53 Å². The molecule has 1 aliphatic rings. The molecule has 0 aliphatic carbocycles. The molecule has 1 aliphatic heterocycles. The van der Waals surface area contributed by atoms with Crippen LogP contribution in [0.25, 0.3) is 0 Å². The van der Waals surface area contributed by atoms with Gasteiger partial charge in [0.15, 0.2) is 5.11 Å². The van der Waals surface area contributed by atoms with Gasteiger partial charge in [0.1, 0.15) is 5.75 Å². The SMILES string of the molecule is CCOC(=O)C1=C(C)N(CC)C(=S)NC1c1ccc(NC(=O)Nc2ccccc2OC)cc1. The van der Waals surface area contributed by atoms with Gasteiger partial charge in [0.05, 0.1) is 31.0 Å². The van der Waals surface area contributed by atoms with E-state index in [1.807, 2.05) is 43.0 Å². The third kappa shape index (κ3) is 5.43. The molecule has 0 saturated carbocycles. The quantitative estimate of drug-likeness (QED) is 0.409. The second-order valence-corrected chi connectivity index (χ2v) is 7.63. The third-order valence-electron chi connectivity index (χ3n) is 5.26. The molecule has 3 rings (SSSR count). The molecule has 0 spiro atoms. The zero-order valence-electron chi connectivity index (χ0n) is 19.1. The number of amides is 2. The van der Waals surface area contributed by atoms with Gasteiger partial charge in [-0.1, -0.05) is 24.3 Å². The zero-order valence-corrected chi connectivity index (χ0v) is 19.9. The number of urea groups is 1. The highest BCUT2D eigenvalue weighted by Gasteiger charge is 2.34. The monoisotopic (exact) mass is 468 g/mol. The van der Waals surface area contributed by atoms with Gasteiger partial charge >= 0.3 is 12.0 Å². The Labute approximate surface area is 198 Å². The van der Waals surface area contributed by atoms with Crippen LogP contribution in [0.15, 0.2) is 59.8 Å². The molecule has 2 aromatic rings. The lowest BCUT2D eigenvalue weighted by Gasteiger charge is -2.37. The van der Waals surface area contributed by atoms with Crippen LogP contribution in [-0.4, -0.2) is 42.3 Å². The summed E-state index contributed by atoms with van der Waals surface area (Å²) in [7, 11) is 1.54. The Morgan fingerprint density at radius 3 is 2.42 bits per heavy atom. The summed E-state index contributed by atoms with van der Waals surface area (Å²) in [5.41, 5.74) is 3.27. The normalized spacial score (nSPS) is 15.6. The second-order valence-electron chi connectivity index (χ2n) is 7.25. The van der Waals surface area contributed by atoms with Gasteiger partial charge in [-0.25, -0.2) is 9.59 Å². The van der Waals surface area contributed by atoms with E-state index in [0.717, 1.165) is 11.3 Å². The van der Waals surface area contributed by atoms with Crippen LogP contribution in [0.3, 0.4) is 0 Å². The molecular formula is C24H28N4O4S. The fourth-order valence-electron chi connectivity index (χ4n) is 3.68. The first-order valence-electron chi connectivity index (χ1n) is 10.7. The van der Waals surface area contributed by atoms with Crippen molar-refractivity contribution in [3.8, 4) is 5.75 Å². The first-order chi connectivity index (χ1) is 15.9. The Balaban J connectivity index is 1.79. The van der Waals surface area contributed by atoms with E-state index in [2.05, 4.69) is 16.0 Å². The molecule has 0 saturated heterocycles. The maximum atomic E-state index is 12.7. The standard InChI is InChI=1S/C24H28N4O4S/c1-5-28-15(3)20(22(29)32-6-2)21(27-24(28)33)16-11-13-17(14-12-16)25-23(30)26-18-9-7-8-10-19(18)31-4/h7-14,21H,5-6H2,1-4H3,(H,27,33)(H2,25,26,30). The Bertz CT molecular complexity index is 1070. The summed E-state index contributed by atoms with van der Waals surface area (Å²) in [6, 6.07) is 13.5. The lowest BCUT2D eigenvalue weighted by molar-refractivity contribution is -0.139. The number of carbonyl (C=O) groups is 2. The van der Waals surface area contributed by atoms with E-state index >= 15 is 0 Å². The lowest BCUT2D eigenvalue weighted by atomic mass is 9.95. The van der Waals surface area contributed by atoms with E-state index in [-0.39, 0.29) is 12.6 Å². The Morgan fingerprint density at radius 2 is 1.79 bits per heavy atom. The number of para-hydroxylation sites is 2. The molecular weight excluding hydrogens is 440 g/mol. The van der Waals surface area contributed by atoms with Crippen molar-refractivity contribution in [2.75, 3.05) is 30.9 Å². The number of rotatable bonds is 7. The number of nitrogens with zero attached hydrogens (tertiary/aromatic N) is 1. The molecule has 0 aromatic heterocycles. The number of esters is 1. The first-order valence-corrected chi connectivity index (χ1v) is 11.1. The number of ether oxygens (including phenoxy) is 2. The van der Waals surface area contributed by atoms with E-state index in [0.29, 0.717) is 34.4 Å². The Kier molecular flexibility index (Phi) is 7.89. The zero-order chi connectivity index (χ0) is 24.0. The summed E-state index contributed by atoms with van der Waals surface area (Å²) in [6.07, 6.45) is 0. The van der Waals surface area contributed by atoms with E-state index in [1.54, 1.807) is 38.3 Å². The van der Waals surface area contributed by atoms with Crippen molar-refractivity contribution in [2.45, 2.75) is 26.8 Å². The average molecular weight is 469 g/mol. The highest BCUT2D eigenvalue weighted by molar-refractivity contribution is 7.80. The van der Waals surface area contributed by atoms with E-state index in [4.69, 9.17) is 21.7 Å². The minimum atomic E-state index is -0.448. The van der Waals surface area contributed by atoms with Crippen LogP contribution in [0.4, 0.5) is 16.2 Å². The molecule has 33 heavy (non-hydrogen) atoms. The van der Waals surface area contributed by atoms with Gasteiger partial charge in [0.2, 0.25) is 0 Å². The minimum Gasteiger partial charge on any atom is -0.495 e. The van der Waals surface area contributed by atoms with Crippen LogP contribution in [0.5, 0.6) is 5.75 Å². The molecule has 174 valence electrons. The van der Waals surface area contributed by atoms with Crippen molar-refractivity contribution in [1.82, 2.24) is 10.2 Å². The van der Waals surface area contributed by atoms with E-state index in [9.17, 15) is 9.59 Å². The second kappa shape index (κ2) is 10.8. The Hall–Kier alpha value is -3.59. The van der Waals surface area contributed by atoms with Crippen molar-refractivity contribution in [2.24, 2.45) is 0 Å². The van der Waals surface area contributed by atoms with Gasteiger partial charge in [-0.05, 0) is 62.8 Å². The summed E-state index contributed by atoms with van der Waals surface area (Å²) >= 11 is 5.50. The highest BCUT2D eigenvalue weighted by Crippen LogP contribution is 2.32. The molecule has 3 N–H and O–H groups in total. The summed E-state index contributed by atoms with van der Waals surface area (Å²) in [5.74, 6) is 0.184. The van der Waals surface area contributed by atoms with Crippen LogP contribution >= 0.6 is 12.2 Å². The van der Waals surface area contributed by atoms with Crippen LogP contribution in [0.2, 0.25) is 0 Å². The van der Waals surface area contributed by atoms with Crippen molar-refractivity contribution in [3.05, 3.63) is 65.4 Å². The first kappa shape index (κ1) is 24.1. The predicted octanol–water partition coefficient (Wildman–Crippen LogP) is 4.43. The van der Waals surface area contributed by atoms with Crippen molar-refractivity contribution in [1.29, 1.82) is 0 Å². The summed E-state index contributed by atoms with van der Waals surface area (Å²) < 4.78 is 10.6. The molecule has 1 unspecified atom stereocenters. The number of nitrogens with one attached hydrogen (secondary N) is 3. The van der Waals surface area contributed by atoms with Crippen LogP contribution < -0.4 is 20.7 Å². The molecule has 8 nitrogen and oxygen atoms in total. The molecule has 2 amide bonds. The number of hydrogen-bond acceptors (Lipinski definition) is 5. The highest BCUT2D eigenvalue weighted by atomic mass is 32.1. The molecule has 9 heteroatoms. The fraction of sp³-hybridized carbons (Fsp3) is 0.292. The van der Waals surface area contributed by atoms with Crippen molar-refractivity contribution in [3.63, 3.8) is 0 Å². The molecule has 0 fully saturated rings. The largest absolute Gasteiger partial charge is 0.495 e. The van der Waals surface area contributed by atoms with Crippen molar-refractivity contribution >= 4 is 40.7 Å². The topological polar surface area (TPSA) is 91.9 Å². The lowest BCUT2D eigenvalue weighted by Crippen LogP contribution is -2.47. The predicted molar refractivity (Wildman–Crippen MR) is 132 cm³/mol. The molecule has 0 radical (unpaired) electrons. The average Bonchev–Trinajstić information content (AvgIpc) is 2.80. The Morgan fingerprint density at radius 1 is 1.09 bits per heavy atom. The van der Waals surface area contributed by atoms with E-state index < -0.39 is 12.1 Å². The number of methoxy groups -OCH3 is 1. The summed E-state index contributed by atoms with van der Waals surface area (Å²) in [4.78, 5) is 27.0. The van der Waals surface area contributed by atoms with Gasteiger partial charge in [-0.15, -0.1) is 0 Å². The molecule has 0 bridgehead atoms. The van der Waals surface area contributed by atoms with Crippen molar-refractivity contribution < 1.29 is 19.1 Å².